The molecule has 3 nitrogen and oxygen atoms in total. The summed E-state index contributed by atoms with van der Waals surface area (Å²) in [5.74, 6) is 0. The summed E-state index contributed by atoms with van der Waals surface area (Å²) in [6, 6.07) is 8.20. The van der Waals surface area contributed by atoms with E-state index in [9.17, 15) is 4.79 Å². The number of pyridine rings is 1. The molecule has 0 atom stereocenters. The van der Waals surface area contributed by atoms with Crippen molar-refractivity contribution in [2.45, 2.75) is 51.9 Å². The van der Waals surface area contributed by atoms with Gasteiger partial charge < -0.3 is 4.40 Å². The smallest absolute Gasteiger partial charge is 0.277 e. The third-order valence-electron chi connectivity index (χ3n) is 5.24. The highest BCUT2D eigenvalue weighted by Gasteiger charge is 2.45. The first-order valence-corrected chi connectivity index (χ1v) is 8.18. The molecular formula is C20H22N2O. The van der Waals surface area contributed by atoms with Crippen molar-refractivity contribution in [2.75, 3.05) is 0 Å². The maximum atomic E-state index is 12.8. The highest BCUT2D eigenvalue weighted by Crippen LogP contribution is 2.47. The Morgan fingerprint density at radius 1 is 1.04 bits per heavy atom. The second-order valence-corrected chi connectivity index (χ2v) is 8.14. The summed E-state index contributed by atoms with van der Waals surface area (Å²) in [6.45, 7) is 10.9. The molecule has 3 heteroatoms. The van der Waals surface area contributed by atoms with E-state index >= 15 is 0 Å². The SMILES string of the molecule is Cc1cn2c3c(c(=O)nc2c2ccccc12)C(C)(C)CC3(C)C. The lowest BCUT2D eigenvalue weighted by atomic mass is 9.82. The predicted octanol–water partition coefficient (Wildman–Crippen LogP) is 4.12. The van der Waals surface area contributed by atoms with Crippen LogP contribution in [0.25, 0.3) is 16.4 Å². The maximum absolute atomic E-state index is 12.8. The minimum Gasteiger partial charge on any atom is -0.304 e. The quantitative estimate of drug-likeness (QED) is 0.586. The lowest BCUT2D eigenvalue weighted by molar-refractivity contribution is 0.397. The van der Waals surface area contributed by atoms with E-state index in [1.807, 2.05) is 12.1 Å². The lowest BCUT2D eigenvalue weighted by Crippen LogP contribution is -2.26. The molecule has 1 aliphatic rings. The molecule has 0 saturated heterocycles. The van der Waals surface area contributed by atoms with Gasteiger partial charge in [0.05, 0.1) is 0 Å². The molecule has 3 aromatic rings. The summed E-state index contributed by atoms with van der Waals surface area (Å²) < 4.78 is 2.17. The number of fused-ring (bicyclic) bond motifs is 5. The number of aryl methyl sites for hydroxylation is 1. The zero-order valence-corrected chi connectivity index (χ0v) is 14.4. The fraction of sp³-hybridized carbons (Fsp3) is 0.400. The van der Waals surface area contributed by atoms with E-state index in [2.05, 4.69) is 62.3 Å². The van der Waals surface area contributed by atoms with Gasteiger partial charge >= 0.3 is 0 Å². The summed E-state index contributed by atoms with van der Waals surface area (Å²) >= 11 is 0. The average molecular weight is 306 g/mol. The van der Waals surface area contributed by atoms with Gasteiger partial charge in [0.25, 0.3) is 5.56 Å². The Balaban J connectivity index is 2.30. The Morgan fingerprint density at radius 3 is 2.39 bits per heavy atom. The fourth-order valence-electron chi connectivity index (χ4n) is 4.69. The number of nitrogens with zero attached hydrogens (tertiary/aromatic N) is 2. The van der Waals surface area contributed by atoms with Crippen LogP contribution >= 0.6 is 0 Å². The highest BCUT2D eigenvalue weighted by molar-refractivity contribution is 5.96. The third-order valence-corrected chi connectivity index (χ3v) is 5.24. The Kier molecular flexibility index (Phi) is 2.65. The fourth-order valence-corrected chi connectivity index (χ4v) is 4.69. The van der Waals surface area contributed by atoms with Gasteiger partial charge in [-0.1, -0.05) is 52.0 Å². The first-order chi connectivity index (χ1) is 10.7. The van der Waals surface area contributed by atoms with Crippen molar-refractivity contribution in [1.29, 1.82) is 0 Å². The topological polar surface area (TPSA) is 34.4 Å². The van der Waals surface area contributed by atoms with Crippen LogP contribution < -0.4 is 5.56 Å². The van der Waals surface area contributed by atoms with Crippen LogP contribution in [0.2, 0.25) is 0 Å². The minimum absolute atomic E-state index is 0.0429. The van der Waals surface area contributed by atoms with E-state index in [4.69, 9.17) is 0 Å². The largest absolute Gasteiger partial charge is 0.304 e. The van der Waals surface area contributed by atoms with Crippen LogP contribution in [0.1, 0.15) is 50.9 Å². The number of hydrogen-bond acceptors (Lipinski definition) is 2. The Morgan fingerprint density at radius 2 is 1.70 bits per heavy atom. The van der Waals surface area contributed by atoms with E-state index in [1.54, 1.807) is 0 Å². The summed E-state index contributed by atoms with van der Waals surface area (Å²) in [5.41, 5.74) is 3.76. The molecule has 0 amide bonds. The number of rotatable bonds is 0. The molecule has 0 radical (unpaired) electrons. The molecule has 23 heavy (non-hydrogen) atoms. The molecule has 0 spiro atoms. The number of hydrogen-bond donors (Lipinski definition) is 0. The standard InChI is InChI=1S/C20H22N2O/c1-12-10-22-16-15(19(2,3)11-20(16,4)5)18(23)21-17(22)14-9-7-6-8-13(12)14/h6-10H,11H2,1-5H3. The van der Waals surface area contributed by atoms with Crippen LogP contribution in [0.15, 0.2) is 35.3 Å². The van der Waals surface area contributed by atoms with Gasteiger partial charge in [-0.25, -0.2) is 0 Å². The monoisotopic (exact) mass is 306 g/mol. The molecule has 0 bridgehead atoms. The van der Waals surface area contributed by atoms with Crippen molar-refractivity contribution in [1.82, 2.24) is 9.38 Å². The van der Waals surface area contributed by atoms with Gasteiger partial charge in [0, 0.05) is 28.3 Å². The van der Waals surface area contributed by atoms with Crippen LogP contribution in [0.5, 0.6) is 0 Å². The van der Waals surface area contributed by atoms with E-state index in [0.29, 0.717) is 0 Å². The Labute approximate surface area is 136 Å². The van der Waals surface area contributed by atoms with Crippen molar-refractivity contribution >= 4 is 16.4 Å². The average Bonchev–Trinajstić information content (AvgIpc) is 2.66. The second kappa shape index (κ2) is 4.22. The van der Waals surface area contributed by atoms with Crippen molar-refractivity contribution in [3.05, 3.63) is 57.6 Å². The predicted molar refractivity (Wildman–Crippen MR) is 94.4 cm³/mol. The van der Waals surface area contributed by atoms with Crippen molar-refractivity contribution in [3.8, 4) is 0 Å². The van der Waals surface area contributed by atoms with Crippen LogP contribution in [-0.2, 0) is 10.8 Å². The van der Waals surface area contributed by atoms with Gasteiger partial charge in [-0.05, 0) is 29.7 Å². The molecule has 2 aromatic heterocycles. The zero-order valence-electron chi connectivity index (χ0n) is 14.4. The van der Waals surface area contributed by atoms with E-state index in [0.717, 1.165) is 34.1 Å². The summed E-state index contributed by atoms with van der Waals surface area (Å²) in [7, 11) is 0. The molecule has 0 fully saturated rings. The van der Waals surface area contributed by atoms with Crippen LogP contribution in [0.4, 0.5) is 0 Å². The molecule has 2 heterocycles. The molecule has 0 aliphatic heterocycles. The minimum atomic E-state index is -0.135. The van der Waals surface area contributed by atoms with Crippen molar-refractivity contribution < 1.29 is 0 Å². The van der Waals surface area contributed by atoms with E-state index in [-0.39, 0.29) is 16.4 Å². The van der Waals surface area contributed by atoms with E-state index < -0.39 is 0 Å². The maximum Gasteiger partial charge on any atom is 0.277 e. The molecular weight excluding hydrogens is 284 g/mol. The molecule has 1 aromatic carbocycles. The van der Waals surface area contributed by atoms with Crippen LogP contribution in [0.3, 0.4) is 0 Å². The highest BCUT2D eigenvalue weighted by atomic mass is 16.1. The number of benzene rings is 1. The van der Waals surface area contributed by atoms with Crippen molar-refractivity contribution in [2.24, 2.45) is 0 Å². The normalized spacial score (nSPS) is 18.5. The van der Waals surface area contributed by atoms with Gasteiger partial charge in [-0.3, -0.25) is 4.79 Å². The molecule has 0 unspecified atom stereocenters. The van der Waals surface area contributed by atoms with Crippen LogP contribution in [-0.4, -0.2) is 9.38 Å². The molecule has 0 saturated carbocycles. The third kappa shape index (κ3) is 1.82. The van der Waals surface area contributed by atoms with Crippen molar-refractivity contribution in [3.63, 3.8) is 0 Å². The summed E-state index contributed by atoms with van der Waals surface area (Å²) in [5, 5.41) is 2.21. The van der Waals surface area contributed by atoms with E-state index in [1.165, 1.54) is 5.56 Å². The lowest BCUT2D eigenvalue weighted by Gasteiger charge is -2.23. The van der Waals surface area contributed by atoms with Crippen LogP contribution in [0, 0.1) is 6.92 Å². The molecule has 4 rings (SSSR count). The Bertz CT molecular complexity index is 1030. The summed E-state index contributed by atoms with van der Waals surface area (Å²) in [4.78, 5) is 17.3. The first-order valence-electron chi connectivity index (χ1n) is 8.18. The second-order valence-electron chi connectivity index (χ2n) is 8.14. The molecule has 0 N–H and O–H groups in total. The first kappa shape index (κ1) is 14.4. The van der Waals surface area contributed by atoms with Gasteiger partial charge in [0.2, 0.25) is 0 Å². The summed E-state index contributed by atoms with van der Waals surface area (Å²) in [6.07, 6.45) is 3.11. The van der Waals surface area contributed by atoms with Gasteiger partial charge in [0.1, 0.15) is 5.65 Å². The molecule has 118 valence electrons. The number of aromatic nitrogens is 2. The zero-order chi connectivity index (χ0) is 16.6. The van der Waals surface area contributed by atoms with Gasteiger partial charge in [-0.15, -0.1) is 0 Å². The molecule has 1 aliphatic carbocycles. The van der Waals surface area contributed by atoms with Gasteiger partial charge in [-0.2, -0.15) is 4.98 Å². The van der Waals surface area contributed by atoms with Gasteiger partial charge in [0.15, 0.2) is 0 Å². The Hall–Kier alpha value is -2.16.